The minimum atomic E-state index is 0.699. The number of benzene rings is 1. The number of nitrogens with one attached hydrogen (secondary N) is 1. The maximum Gasteiger partial charge on any atom is 0.224 e. The first-order chi connectivity index (χ1) is 10.2. The highest BCUT2D eigenvalue weighted by Gasteiger charge is 2.18. The minimum absolute atomic E-state index is 0.699. The van der Waals surface area contributed by atoms with E-state index in [1.54, 1.807) is 0 Å². The summed E-state index contributed by atoms with van der Waals surface area (Å²) in [6.45, 7) is 4.02. The van der Waals surface area contributed by atoms with Crippen LogP contribution in [-0.4, -0.2) is 23.6 Å². The maximum absolute atomic E-state index is 4.61. The molecule has 2 heterocycles. The molecule has 5 heteroatoms. The van der Waals surface area contributed by atoms with Crippen molar-refractivity contribution in [3.05, 3.63) is 45.6 Å². The van der Waals surface area contributed by atoms with Gasteiger partial charge in [0, 0.05) is 36.4 Å². The van der Waals surface area contributed by atoms with Gasteiger partial charge in [-0.1, -0.05) is 28.9 Å². The lowest BCUT2D eigenvalue weighted by atomic mass is 10.00. The lowest BCUT2D eigenvalue weighted by Gasteiger charge is -2.30. The van der Waals surface area contributed by atoms with E-state index in [1.807, 2.05) is 7.05 Å². The van der Waals surface area contributed by atoms with Gasteiger partial charge in [-0.15, -0.1) is 0 Å². The van der Waals surface area contributed by atoms with Crippen molar-refractivity contribution in [1.82, 2.24) is 9.97 Å². The van der Waals surface area contributed by atoms with Crippen molar-refractivity contribution >= 4 is 27.7 Å². The molecule has 0 aliphatic carbocycles. The van der Waals surface area contributed by atoms with E-state index in [4.69, 9.17) is 0 Å². The van der Waals surface area contributed by atoms with Gasteiger partial charge in [-0.25, -0.2) is 4.98 Å². The standard InChI is InChI=1S/C16H19BrN4/c1-3-14-9-15(20-16(18-2)19-14)21-7-6-11-4-5-13(17)8-12(11)10-21/h4-5,8-9H,3,6-7,10H2,1-2H3,(H,18,19,20). The smallest absolute Gasteiger partial charge is 0.224 e. The van der Waals surface area contributed by atoms with Crippen molar-refractivity contribution in [3.8, 4) is 0 Å². The predicted octanol–water partition coefficient (Wildman–Crippen LogP) is 3.41. The first kappa shape index (κ1) is 14.3. The lowest BCUT2D eigenvalue weighted by Crippen LogP contribution is -2.31. The molecule has 2 aromatic rings. The number of fused-ring (bicyclic) bond motifs is 1. The van der Waals surface area contributed by atoms with E-state index < -0.39 is 0 Å². The monoisotopic (exact) mass is 346 g/mol. The fourth-order valence-corrected chi connectivity index (χ4v) is 3.07. The second kappa shape index (κ2) is 6.02. The number of rotatable bonds is 3. The van der Waals surface area contributed by atoms with Gasteiger partial charge in [-0.3, -0.25) is 0 Å². The Kier molecular flexibility index (Phi) is 4.10. The molecule has 4 nitrogen and oxygen atoms in total. The van der Waals surface area contributed by atoms with E-state index in [1.165, 1.54) is 11.1 Å². The zero-order chi connectivity index (χ0) is 14.8. The van der Waals surface area contributed by atoms with Crippen LogP contribution >= 0.6 is 15.9 Å². The van der Waals surface area contributed by atoms with E-state index in [0.29, 0.717) is 5.95 Å². The molecule has 0 bridgehead atoms. The van der Waals surface area contributed by atoms with Crippen LogP contribution in [0.3, 0.4) is 0 Å². The number of halogens is 1. The highest BCUT2D eigenvalue weighted by atomic mass is 79.9. The molecule has 3 rings (SSSR count). The topological polar surface area (TPSA) is 41.1 Å². The third-order valence-electron chi connectivity index (χ3n) is 3.86. The second-order valence-corrected chi connectivity index (χ2v) is 6.14. The largest absolute Gasteiger partial charge is 0.357 e. The minimum Gasteiger partial charge on any atom is -0.357 e. The zero-order valence-electron chi connectivity index (χ0n) is 12.4. The van der Waals surface area contributed by atoms with Crippen molar-refractivity contribution in [1.29, 1.82) is 0 Å². The molecule has 0 radical (unpaired) electrons. The van der Waals surface area contributed by atoms with Gasteiger partial charge < -0.3 is 10.2 Å². The number of aryl methyl sites for hydroxylation is 1. The maximum atomic E-state index is 4.61. The van der Waals surface area contributed by atoms with Crippen LogP contribution in [0.25, 0.3) is 0 Å². The Labute approximate surface area is 133 Å². The van der Waals surface area contributed by atoms with Crippen LogP contribution < -0.4 is 10.2 Å². The third-order valence-corrected chi connectivity index (χ3v) is 4.35. The van der Waals surface area contributed by atoms with Gasteiger partial charge >= 0.3 is 0 Å². The molecule has 1 aromatic carbocycles. The van der Waals surface area contributed by atoms with Gasteiger partial charge in [-0.2, -0.15) is 4.98 Å². The predicted molar refractivity (Wildman–Crippen MR) is 89.9 cm³/mol. The first-order valence-corrected chi connectivity index (χ1v) is 8.07. The van der Waals surface area contributed by atoms with Gasteiger partial charge in [0.25, 0.3) is 0 Å². The molecule has 0 fully saturated rings. The average molecular weight is 347 g/mol. The van der Waals surface area contributed by atoms with Crippen LogP contribution in [0.15, 0.2) is 28.7 Å². The summed E-state index contributed by atoms with van der Waals surface area (Å²) in [7, 11) is 1.86. The third kappa shape index (κ3) is 3.02. The summed E-state index contributed by atoms with van der Waals surface area (Å²) in [5.41, 5.74) is 3.88. The van der Waals surface area contributed by atoms with Gasteiger partial charge in [0.1, 0.15) is 5.82 Å². The Hall–Kier alpha value is -1.62. The zero-order valence-corrected chi connectivity index (χ0v) is 13.9. The Balaban J connectivity index is 1.92. The number of anilines is 2. The second-order valence-electron chi connectivity index (χ2n) is 5.23. The number of hydrogen-bond acceptors (Lipinski definition) is 4. The van der Waals surface area contributed by atoms with Crippen molar-refractivity contribution in [2.45, 2.75) is 26.3 Å². The highest BCUT2D eigenvalue weighted by molar-refractivity contribution is 9.10. The SMILES string of the molecule is CCc1cc(N2CCc3ccc(Br)cc3C2)nc(NC)n1. The normalized spacial score (nSPS) is 14.0. The quantitative estimate of drug-likeness (QED) is 0.924. The Morgan fingerprint density at radius 1 is 1.24 bits per heavy atom. The average Bonchev–Trinajstić information content (AvgIpc) is 2.53. The Morgan fingerprint density at radius 3 is 2.86 bits per heavy atom. The Bertz CT molecular complexity index is 634. The molecule has 1 N–H and O–H groups in total. The molecule has 0 amide bonds. The first-order valence-electron chi connectivity index (χ1n) is 7.27. The number of nitrogens with zero attached hydrogens (tertiary/aromatic N) is 3. The summed E-state index contributed by atoms with van der Waals surface area (Å²) < 4.78 is 1.14. The van der Waals surface area contributed by atoms with Crippen LogP contribution in [-0.2, 0) is 19.4 Å². The molecule has 0 atom stereocenters. The summed E-state index contributed by atoms with van der Waals surface area (Å²) in [6.07, 6.45) is 1.98. The molecule has 0 unspecified atom stereocenters. The fraction of sp³-hybridized carbons (Fsp3) is 0.375. The van der Waals surface area contributed by atoms with Gasteiger partial charge in [-0.05, 0) is 36.1 Å². The summed E-state index contributed by atoms with van der Waals surface area (Å²) in [4.78, 5) is 11.4. The van der Waals surface area contributed by atoms with Gasteiger partial charge in [0.15, 0.2) is 0 Å². The van der Waals surface area contributed by atoms with Crippen LogP contribution in [0, 0.1) is 0 Å². The Morgan fingerprint density at radius 2 is 2.10 bits per heavy atom. The van der Waals surface area contributed by atoms with Crippen molar-refractivity contribution < 1.29 is 0 Å². The summed E-state index contributed by atoms with van der Waals surface area (Å²) in [6, 6.07) is 8.65. The van der Waals surface area contributed by atoms with E-state index in [9.17, 15) is 0 Å². The molecule has 21 heavy (non-hydrogen) atoms. The summed E-state index contributed by atoms with van der Waals surface area (Å²) in [5.74, 6) is 1.71. The molecule has 0 spiro atoms. The summed E-state index contributed by atoms with van der Waals surface area (Å²) >= 11 is 3.56. The van der Waals surface area contributed by atoms with Crippen LogP contribution in [0.5, 0.6) is 0 Å². The van der Waals surface area contributed by atoms with E-state index >= 15 is 0 Å². The molecule has 0 saturated carbocycles. The van der Waals surface area contributed by atoms with E-state index in [0.717, 1.165) is 41.9 Å². The van der Waals surface area contributed by atoms with E-state index in [-0.39, 0.29) is 0 Å². The molecule has 0 saturated heterocycles. The molecular formula is C16H19BrN4. The van der Waals surface area contributed by atoms with Crippen molar-refractivity contribution in [2.24, 2.45) is 0 Å². The highest BCUT2D eigenvalue weighted by Crippen LogP contribution is 2.26. The van der Waals surface area contributed by atoms with E-state index in [2.05, 4.69) is 67.3 Å². The van der Waals surface area contributed by atoms with Crippen LogP contribution in [0.4, 0.5) is 11.8 Å². The molecular weight excluding hydrogens is 328 g/mol. The van der Waals surface area contributed by atoms with Gasteiger partial charge in [0.2, 0.25) is 5.95 Å². The molecule has 1 aliphatic rings. The fourth-order valence-electron chi connectivity index (χ4n) is 2.66. The summed E-state index contributed by atoms with van der Waals surface area (Å²) in [5, 5.41) is 3.05. The van der Waals surface area contributed by atoms with Crippen LogP contribution in [0.1, 0.15) is 23.7 Å². The molecule has 1 aliphatic heterocycles. The van der Waals surface area contributed by atoms with Gasteiger partial charge in [0.05, 0.1) is 0 Å². The van der Waals surface area contributed by atoms with Crippen LogP contribution in [0.2, 0.25) is 0 Å². The number of aromatic nitrogens is 2. The lowest BCUT2D eigenvalue weighted by molar-refractivity contribution is 0.717. The van der Waals surface area contributed by atoms with Crippen molar-refractivity contribution in [2.75, 3.05) is 23.8 Å². The van der Waals surface area contributed by atoms with Crippen molar-refractivity contribution in [3.63, 3.8) is 0 Å². The molecule has 110 valence electrons. The molecule has 1 aromatic heterocycles. The number of hydrogen-bond donors (Lipinski definition) is 1.